The average Bonchev–Trinajstić information content (AvgIpc) is 3.17. The van der Waals surface area contributed by atoms with E-state index < -0.39 is 0 Å². The van der Waals surface area contributed by atoms with Gasteiger partial charge in [-0.1, -0.05) is 54.2 Å². The van der Waals surface area contributed by atoms with Crippen molar-refractivity contribution in [2.75, 3.05) is 44.4 Å². The van der Waals surface area contributed by atoms with Gasteiger partial charge < -0.3 is 15.9 Å². The van der Waals surface area contributed by atoms with Gasteiger partial charge in [0.05, 0.1) is 24.0 Å². The topological polar surface area (TPSA) is 98.3 Å². The summed E-state index contributed by atoms with van der Waals surface area (Å²) in [6.45, 7) is 4.04. The summed E-state index contributed by atoms with van der Waals surface area (Å²) in [5.41, 5.74) is 0.668. The fourth-order valence-corrected chi connectivity index (χ4v) is 5.71. The lowest BCUT2D eigenvalue weighted by Gasteiger charge is -2.48. The number of benzene rings is 1. The molecule has 1 aromatic carbocycles. The van der Waals surface area contributed by atoms with Crippen LogP contribution in [0.3, 0.4) is 0 Å². The second-order valence-electron chi connectivity index (χ2n) is 8.25. The third-order valence-corrected chi connectivity index (χ3v) is 7.74. The van der Waals surface area contributed by atoms with Gasteiger partial charge in [0.25, 0.3) is 0 Å². The van der Waals surface area contributed by atoms with E-state index in [0.29, 0.717) is 33.1 Å². The number of nitrogens with zero attached hydrogens (tertiary/aromatic N) is 4. The Morgan fingerprint density at radius 2 is 1.94 bits per heavy atom. The number of thioether (sulfide) groups is 1. The van der Waals surface area contributed by atoms with Gasteiger partial charge in [-0.2, -0.15) is 0 Å². The summed E-state index contributed by atoms with van der Waals surface area (Å²) in [6.07, 6.45) is 5.90. The molecular weight excluding hydrogens is 471 g/mol. The Hall–Kier alpha value is -1.52. The number of rotatable bonds is 7. The minimum atomic E-state index is -0.0396. The molecule has 0 atom stereocenters. The maximum Gasteiger partial charge on any atom is 0.230 e. The Morgan fingerprint density at radius 3 is 2.66 bits per heavy atom. The zero-order valence-corrected chi connectivity index (χ0v) is 20.2. The van der Waals surface area contributed by atoms with Crippen LogP contribution in [0.25, 0.3) is 11.4 Å². The molecule has 1 aliphatic heterocycles. The van der Waals surface area contributed by atoms with Gasteiger partial charge in [-0.3, -0.25) is 9.69 Å². The summed E-state index contributed by atoms with van der Waals surface area (Å²) >= 11 is 13.5. The van der Waals surface area contributed by atoms with Crippen molar-refractivity contribution in [3.05, 3.63) is 28.2 Å². The highest BCUT2D eigenvalue weighted by Gasteiger charge is 2.38. The third kappa shape index (κ3) is 5.34. The van der Waals surface area contributed by atoms with Crippen molar-refractivity contribution in [3.8, 4) is 11.4 Å². The number of nitrogen functional groups attached to an aromatic ring is 1. The van der Waals surface area contributed by atoms with E-state index in [1.165, 1.54) is 35.7 Å². The summed E-state index contributed by atoms with van der Waals surface area (Å²) in [6, 6.07) is 5.09. The van der Waals surface area contributed by atoms with Gasteiger partial charge in [0.1, 0.15) is 0 Å². The van der Waals surface area contributed by atoms with Crippen molar-refractivity contribution < 1.29 is 9.53 Å². The number of morpholine rings is 1. The molecule has 3 N–H and O–H groups in total. The molecule has 8 nitrogen and oxygen atoms in total. The molecule has 32 heavy (non-hydrogen) atoms. The van der Waals surface area contributed by atoms with Gasteiger partial charge >= 0.3 is 0 Å². The number of hydrogen-bond donors (Lipinski definition) is 2. The van der Waals surface area contributed by atoms with E-state index in [1.807, 2.05) is 0 Å². The predicted octanol–water partition coefficient (Wildman–Crippen LogP) is 3.21. The van der Waals surface area contributed by atoms with E-state index in [9.17, 15) is 4.79 Å². The number of halogens is 2. The zero-order chi connectivity index (χ0) is 22.6. The molecule has 11 heteroatoms. The molecule has 1 aliphatic carbocycles. The molecule has 1 amide bonds. The Morgan fingerprint density at radius 1 is 1.19 bits per heavy atom. The van der Waals surface area contributed by atoms with Crippen LogP contribution >= 0.6 is 35.0 Å². The van der Waals surface area contributed by atoms with Crippen LogP contribution in [0.2, 0.25) is 10.0 Å². The average molecular weight is 499 g/mol. The van der Waals surface area contributed by atoms with Gasteiger partial charge in [0.2, 0.25) is 11.1 Å². The first-order valence-corrected chi connectivity index (χ1v) is 12.6. The minimum Gasteiger partial charge on any atom is -0.379 e. The van der Waals surface area contributed by atoms with E-state index in [1.54, 1.807) is 18.2 Å². The Labute approximate surface area is 202 Å². The number of carbonyl (C=O) groups excluding carboxylic acids is 1. The lowest BCUT2D eigenvalue weighted by atomic mass is 9.79. The van der Waals surface area contributed by atoms with E-state index >= 15 is 0 Å². The molecule has 2 aromatic rings. The molecule has 1 saturated carbocycles. The van der Waals surface area contributed by atoms with Crippen LogP contribution in [0.1, 0.15) is 32.1 Å². The quantitative estimate of drug-likeness (QED) is 0.446. The lowest BCUT2D eigenvalue weighted by molar-refractivity contribution is -0.119. The third-order valence-electron chi connectivity index (χ3n) is 6.25. The first kappa shape index (κ1) is 23.6. The monoisotopic (exact) mass is 498 g/mol. The normalized spacial score (nSPS) is 19.1. The number of amides is 1. The summed E-state index contributed by atoms with van der Waals surface area (Å²) in [4.78, 5) is 15.2. The molecular formula is C21H28Cl2N6O2S. The molecule has 1 aromatic heterocycles. The first-order chi connectivity index (χ1) is 15.5. The van der Waals surface area contributed by atoms with Crippen LogP contribution < -0.4 is 11.2 Å². The van der Waals surface area contributed by atoms with Crippen molar-refractivity contribution in [3.63, 3.8) is 0 Å². The number of aromatic nitrogens is 3. The van der Waals surface area contributed by atoms with Crippen LogP contribution in [-0.2, 0) is 9.53 Å². The summed E-state index contributed by atoms with van der Waals surface area (Å²) in [5, 5.41) is 12.8. The summed E-state index contributed by atoms with van der Waals surface area (Å²) in [5.74, 6) is 6.76. The van der Waals surface area contributed by atoms with Crippen LogP contribution in [0.15, 0.2) is 23.4 Å². The van der Waals surface area contributed by atoms with Crippen molar-refractivity contribution in [1.82, 2.24) is 25.1 Å². The number of nitrogens with one attached hydrogen (secondary N) is 1. The van der Waals surface area contributed by atoms with Crippen molar-refractivity contribution in [2.45, 2.75) is 42.8 Å². The van der Waals surface area contributed by atoms with E-state index in [-0.39, 0.29) is 17.2 Å². The number of ether oxygens (including phenoxy) is 1. The van der Waals surface area contributed by atoms with Crippen LogP contribution in [0.4, 0.5) is 0 Å². The molecule has 1 saturated heterocycles. The maximum absolute atomic E-state index is 12.7. The van der Waals surface area contributed by atoms with Gasteiger partial charge in [-0.25, -0.2) is 4.68 Å². The Bertz CT molecular complexity index is 944. The van der Waals surface area contributed by atoms with Crippen molar-refractivity contribution in [1.29, 1.82) is 0 Å². The molecule has 2 aliphatic rings. The standard InChI is InChI=1S/C21H28Cl2N6O2S/c22-15-4-5-16(17(23)12-15)19-26-27-20(29(19)24)32-13-18(30)25-14-21(6-2-1-3-7-21)28-8-10-31-11-9-28/h4-5,12H,1-3,6-11,13-14,24H2,(H,25,30). The number of hydrogen-bond acceptors (Lipinski definition) is 7. The van der Waals surface area contributed by atoms with Gasteiger partial charge in [-0.15, -0.1) is 10.2 Å². The highest BCUT2D eigenvalue weighted by molar-refractivity contribution is 7.99. The zero-order valence-electron chi connectivity index (χ0n) is 17.9. The Balaban J connectivity index is 1.35. The molecule has 0 bridgehead atoms. The van der Waals surface area contributed by atoms with Crippen LogP contribution in [0.5, 0.6) is 0 Å². The molecule has 2 fully saturated rings. The number of carbonyl (C=O) groups is 1. The van der Waals surface area contributed by atoms with E-state index in [2.05, 4.69) is 20.4 Å². The van der Waals surface area contributed by atoms with Gasteiger partial charge in [-0.05, 0) is 31.0 Å². The molecule has 0 unspecified atom stereocenters. The molecule has 0 spiro atoms. The highest BCUT2D eigenvalue weighted by atomic mass is 35.5. The predicted molar refractivity (Wildman–Crippen MR) is 128 cm³/mol. The first-order valence-electron chi connectivity index (χ1n) is 10.9. The molecule has 0 radical (unpaired) electrons. The fraction of sp³-hybridized carbons (Fsp3) is 0.571. The summed E-state index contributed by atoms with van der Waals surface area (Å²) < 4.78 is 6.88. The van der Waals surface area contributed by atoms with E-state index in [4.69, 9.17) is 33.8 Å². The highest BCUT2D eigenvalue weighted by Crippen LogP contribution is 2.34. The smallest absolute Gasteiger partial charge is 0.230 e. The molecule has 2 heterocycles. The molecule has 174 valence electrons. The maximum atomic E-state index is 12.7. The van der Waals surface area contributed by atoms with Gasteiger partial charge in [0, 0.05) is 35.8 Å². The second-order valence-corrected chi connectivity index (χ2v) is 10.0. The summed E-state index contributed by atoms with van der Waals surface area (Å²) in [7, 11) is 0. The van der Waals surface area contributed by atoms with E-state index in [0.717, 1.165) is 39.1 Å². The minimum absolute atomic E-state index is 0.0365. The SMILES string of the molecule is Nn1c(SCC(=O)NCC2(N3CCOCC3)CCCCC2)nnc1-c1ccc(Cl)cc1Cl. The number of nitrogens with two attached hydrogens (primary N) is 1. The van der Waals surface area contributed by atoms with Crippen molar-refractivity contribution in [2.24, 2.45) is 0 Å². The molecule has 4 rings (SSSR count). The van der Waals surface area contributed by atoms with Crippen molar-refractivity contribution >= 4 is 40.9 Å². The van der Waals surface area contributed by atoms with Crippen LogP contribution in [-0.4, -0.2) is 69.8 Å². The Kier molecular flexibility index (Phi) is 7.83. The largest absolute Gasteiger partial charge is 0.379 e. The second kappa shape index (κ2) is 10.6. The fourth-order valence-electron chi connectivity index (χ4n) is 4.53. The van der Waals surface area contributed by atoms with Gasteiger partial charge in [0.15, 0.2) is 5.82 Å². The lowest BCUT2D eigenvalue weighted by Crippen LogP contribution is -2.59. The van der Waals surface area contributed by atoms with Crippen LogP contribution in [0, 0.1) is 0 Å².